The Balaban J connectivity index is 0.00000225. The number of aryl methyl sites for hydroxylation is 1. The number of hydrogen-bond acceptors (Lipinski definition) is 2. The summed E-state index contributed by atoms with van der Waals surface area (Å²) in [4.78, 5) is 10.9. The molecule has 0 aromatic heterocycles. The van der Waals surface area contributed by atoms with Gasteiger partial charge in [0.1, 0.15) is 11.3 Å². The predicted molar refractivity (Wildman–Crippen MR) is 65.1 cm³/mol. The van der Waals surface area contributed by atoms with Crippen LogP contribution in [0, 0.1) is 12.8 Å². The molecule has 0 saturated heterocycles. The molecule has 0 fully saturated rings. The van der Waals surface area contributed by atoms with Gasteiger partial charge in [0.15, 0.2) is 0 Å². The van der Waals surface area contributed by atoms with Gasteiger partial charge in [0.05, 0.1) is 0 Å². The molecule has 2 N–H and O–H groups in total. The van der Waals surface area contributed by atoms with E-state index in [9.17, 15) is 9.90 Å². The fraction of sp³-hybridized carbons (Fsp3) is 0.462. The molecular formula is C13H20O3. The number of aromatic hydroxyl groups is 1. The van der Waals surface area contributed by atoms with Gasteiger partial charge in [-0.15, -0.1) is 0 Å². The van der Waals surface area contributed by atoms with Crippen LogP contribution in [0.3, 0.4) is 0 Å². The maximum absolute atomic E-state index is 10.9. The number of carbonyl (C=O) groups is 1. The first kappa shape index (κ1) is 14.5. The smallest absolute Gasteiger partial charge is 0.339 e. The fourth-order valence-corrected chi connectivity index (χ4v) is 1.61. The van der Waals surface area contributed by atoms with Crippen LogP contribution in [-0.4, -0.2) is 16.2 Å². The minimum atomic E-state index is -1.08. The van der Waals surface area contributed by atoms with E-state index in [4.69, 9.17) is 5.11 Å². The molecule has 90 valence electrons. The van der Waals surface area contributed by atoms with Gasteiger partial charge in [-0.05, 0) is 36.5 Å². The molecule has 16 heavy (non-hydrogen) atoms. The Morgan fingerprint density at radius 1 is 1.38 bits per heavy atom. The Morgan fingerprint density at radius 2 is 1.94 bits per heavy atom. The van der Waals surface area contributed by atoms with E-state index in [1.54, 1.807) is 0 Å². The largest absolute Gasteiger partial charge is 0.507 e. The molecule has 1 aromatic rings. The molecule has 1 aromatic carbocycles. The third-order valence-electron chi connectivity index (χ3n) is 2.19. The number of aromatic carboxylic acids is 1. The van der Waals surface area contributed by atoms with E-state index in [0.717, 1.165) is 5.56 Å². The van der Waals surface area contributed by atoms with E-state index in [1.807, 2.05) is 26.8 Å². The van der Waals surface area contributed by atoms with Gasteiger partial charge in [0.25, 0.3) is 0 Å². The lowest BCUT2D eigenvalue weighted by Crippen LogP contribution is -2.02. The molecule has 0 heterocycles. The molecule has 0 aliphatic rings. The van der Waals surface area contributed by atoms with Gasteiger partial charge in [-0.1, -0.05) is 27.3 Å². The molecule has 0 saturated carbocycles. The van der Waals surface area contributed by atoms with Crippen LogP contribution in [-0.2, 0) is 6.42 Å². The molecule has 0 bridgehead atoms. The van der Waals surface area contributed by atoms with Crippen molar-refractivity contribution >= 4 is 5.97 Å². The van der Waals surface area contributed by atoms with E-state index >= 15 is 0 Å². The van der Waals surface area contributed by atoms with Crippen molar-refractivity contribution in [3.63, 3.8) is 0 Å². The first-order chi connectivity index (χ1) is 6.91. The third kappa shape index (κ3) is 3.26. The summed E-state index contributed by atoms with van der Waals surface area (Å²) in [7, 11) is 0. The first-order valence-corrected chi connectivity index (χ1v) is 4.97. The zero-order valence-electron chi connectivity index (χ0n) is 9.24. The van der Waals surface area contributed by atoms with Crippen molar-refractivity contribution in [3.05, 3.63) is 28.8 Å². The number of hydrogen-bond donors (Lipinski definition) is 2. The van der Waals surface area contributed by atoms with Crippen LogP contribution in [0.25, 0.3) is 0 Å². The van der Waals surface area contributed by atoms with Crippen LogP contribution in [0.15, 0.2) is 12.1 Å². The monoisotopic (exact) mass is 224 g/mol. The van der Waals surface area contributed by atoms with Crippen LogP contribution >= 0.6 is 0 Å². The highest BCUT2D eigenvalue weighted by Crippen LogP contribution is 2.26. The summed E-state index contributed by atoms with van der Waals surface area (Å²) >= 11 is 0. The summed E-state index contributed by atoms with van der Waals surface area (Å²) in [5.74, 6) is -0.789. The summed E-state index contributed by atoms with van der Waals surface area (Å²) in [5.41, 5.74) is 1.56. The number of phenols is 1. The van der Waals surface area contributed by atoms with E-state index in [0.29, 0.717) is 17.9 Å². The van der Waals surface area contributed by atoms with Gasteiger partial charge < -0.3 is 10.2 Å². The second-order valence-corrected chi connectivity index (χ2v) is 4.22. The van der Waals surface area contributed by atoms with Gasteiger partial charge in [-0.25, -0.2) is 4.79 Å². The third-order valence-corrected chi connectivity index (χ3v) is 2.19. The molecule has 0 amide bonds. The maximum Gasteiger partial charge on any atom is 0.339 e. The molecule has 0 spiro atoms. The summed E-state index contributed by atoms with van der Waals surface area (Å²) in [6, 6.07) is 3.32. The van der Waals surface area contributed by atoms with Crippen LogP contribution in [0.5, 0.6) is 5.75 Å². The highest BCUT2D eigenvalue weighted by atomic mass is 16.4. The zero-order chi connectivity index (χ0) is 11.6. The lowest BCUT2D eigenvalue weighted by Gasteiger charge is -2.10. The second-order valence-electron chi connectivity index (χ2n) is 4.22. The predicted octanol–water partition coefficient (Wildman–Crippen LogP) is 3.23. The fourth-order valence-electron chi connectivity index (χ4n) is 1.61. The molecule has 1 rings (SSSR count). The van der Waals surface area contributed by atoms with Gasteiger partial charge in [0.2, 0.25) is 0 Å². The molecule has 0 aliphatic carbocycles. The van der Waals surface area contributed by atoms with Crippen LogP contribution in [0.1, 0.15) is 42.8 Å². The van der Waals surface area contributed by atoms with E-state index in [2.05, 4.69) is 0 Å². The summed E-state index contributed by atoms with van der Waals surface area (Å²) in [6.07, 6.45) is 0.688. The SMILES string of the molecule is C.Cc1cc(CC(C)C)c(O)c(C(=O)O)c1. The average Bonchev–Trinajstić information content (AvgIpc) is 2.09. The summed E-state index contributed by atoms with van der Waals surface area (Å²) < 4.78 is 0. The zero-order valence-corrected chi connectivity index (χ0v) is 9.24. The second kappa shape index (κ2) is 5.54. The van der Waals surface area contributed by atoms with E-state index < -0.39 is 5.97 Å². The van der Waals surface area contributed by atoms with Gasteiger partial charge in [0, 0.05) is 0 Å². The maximum atomic E-state index is 10.9. The Hall–Kier alpha value is -1.51. The lowest BCUT2D eigenvalue weighted by molar-refractivity contribution is 0.0693. The highest BCUT2D eigenvalue weighted by molar-refractivity contribution is 5.91. The van der Waals surface area contributed by atoms with E-state index in [1.165, 1.54) is 6.07 Å². The minimum absolute atomic E-state index is 0. The van der Waals surface area contributed by atoms with Crippen LogP contribution < -0.4 is 0 Å². The topological polar surface area (TPSA) is 57.5 Å². The van der Waals surface area contributed by atoms with Crippen molar-refractivity contribution in [2.75, 3.05) is 0 Å². The molecule has 3 nitrogen and oxygen atoms in total. The standard InChI is InChI=1S/C12H16O3.CH4/c1-7(2)4-9-5-8(3)6-10(11(9)13)12(14)15;/h5-7,13H,4H2,1-3H3,(H,14,15);1H4. The van der Waals surface area contributed by atoms with Crippen LogP contribution in [0.4, 0.5) is 0 Å². The minimum Gasteiger partial charge on any atom is -0.507 e. The van der Waals surface area contributed by atoms with Crippen molar-refractivity contribution in [2.24, 2.45) is 5.92 Å². The molecule has 0 aliphatic heterocycles. The molecule has 0 unspecified atom stereocenters. The highest BCUT2D eigenvalue weighted by Gasteiger charge is 2.14. The number of benzene rings is 1. The van der Waals surface area contributed by atoms with Crippen molar-refractivity contribution in [1.82, 2.24) is 0 Å². The quantitative estimate of drug-likeness (QED) is 0.828. The van der Waals surface area contributed by atoms with Crippen molar-refractivity contribution in [3.8, 4) is 5.75 Å². The van der Waals surface area contributed by atoms with Crippen LogP contribution in [0.2, 0.25) is 0 Å². The van der Waals surface area contributed by atoms with Crippen molar-refractivity contribution < 1.29 is 15.0 Å². The van der Waals surface area contributed by atoms with Crippen molar-refractivity contribution in [2.45, 2.75) is 34.6 Å². The summed E-state index contributed by atoms with van der Waals surface area (Å²) in [5, 5.41) is 18.6. The Bertz CT molecular complexity index is 381. The first-order valence-electron chi connectivity index (χ1n) is 4.97. The number of carboxylic acid groups (broad SMARTS) is 1. The Kier molecular flexibility index (Phi) is 5.02. The molecular weight excluding hydrogens is 204 g/mol. The van der Waals surface area contributed by atoms with Gasteiger partial charge >= 0.3 is 5.97 Å². The Morgan fingerprint density at radius 3 is 2.38 bits per heavy atom. The number of rotatable bonds is 3. The van der Waals surface area contributed by atoms with Crippen molar-refractivity contribution in [1.29, 1.82) is 0 Å². The van der Waals surface area contributed by atoms with E-state index in [-0.39, 0.29) is 18.7 Å². The van der Waals surface area contributed by atoms with Gasteiger partial charge in [-0.3, -0.25) is 0 Å². The normalized spacial score (nSPS) is 10.0. The molecule has 3 heteroatoms. The van der Waals surface area contributed by atoms with Gasteiger partial charge in [-0.2, -0.15) is 0 Å². The number of carboxylic acids is 1. The average molecular weight is 224 g/mol. The summed E-state index contributed by atoms with van der Waals surface area (Å²) in [6.45, 7) is 5.89. The molecule has 0 atom stereocenters. The Labute approximate surface area is 96.7 Å². The lowest BCUT2D eigenvalue weighted by atomic mass is 9.97. The molecule has 0 radical (unpaired) electrons.